The first-order chi connectivity index (χ1) is 11.2. The van der Waals surface area contributed by atoms with Crippen LogP contribution >= 0.6 is 0 Å². The number of benzene rings is 1. The molecule has 1 saturated carbocycles. The van der Waals surface area contributed by atoms with Crippen molar-refractivity contribution in [2.45, 2.75) is 51.5 Å². The zero-order valence-electron chi connectivity index (χ0n) is 13.6. The molecule has 1 aromatic carbocycles. The lowest BCUT2D eigenvalue weighted by Crippen LogP contribution is -2.37. The topological polar surface area (TPSA) is 51.5 Å². The van der Waals surface area contributed by atoms with Gasteiger partial charge in [0, 0.05) is 23.4 Å². The van der Waals surface area contributed by atoms with E-state index in [1.165, 1.54) is 31.2 Å². The first-order valence-electron chi connectivity index (χ1n) is 8.67. The normalized spacial score (nSPS) is 18.5. The van der Waals surface area contributed by atoms with Gasteiger partial charge in [-0.15, -0.1) is 0 Å². The predicted molar refractivity (Wildman–Crippen MR) is 88.7 cm³/mol. The number of nitrogens with one attached hydrogen (secondary N) is 1. The molecule has 2 aliphatic rings. The van der Waals surface area contributed by atoms with E-state index in [4.69, 9.17) is 9.15 Å². The van der Waals surface area contributed by atoms with Crippen molar-refractivity contribution >= 4 is 16.9 Å². The van der Waals surface area contributed by atoms with Gasteiger partial charge in [0.1, 0.15) is 17.1 Å². The van der Waals surface area contributed by atoms with E-state index in [-0.39, 0.29) is 18.6 Å². The Kier molecular flexibility index (Phi) is 3.76. The molecule has 0 saturated heterocycles. The van der Waals surface area contributed by atoms with Crippen molar-refractivity contribution in [3.8, 4) is 5.75 Å². The summed E-state index contributed by atoms with van der Waals surface area (Å²) in [6.45, 7) is 2.14. The fraction of sp³-hybridized carbons (Fsp3) is 0.526. The van der Waals surface area contributed by atoms with Crippen molar-refractivity contribution in [3.63, 3.8) is 0 Å². The van der Waals surface area contributed by atoms with E-state index in [9.17, 15) is 4.79 Å². The largest absolute Gasteiger partial charge is 0.484 e. The summed E-state index contributed by atoms with van der Waals surface area (Å²) in [4.78, 5) is 12.0. The standard InChI is InChI=1S/C19H23NO3/c1-12(13-6-7-13)20-19(21)11-22-14-8-9-18-16(10-14)15-4-2-3-5-17(15)23-18/h8-10,12-13H,2-7,11H2,1H3,(H,20,21). The summed E-state index contributed by atoms with van der Waals surface area (Å²) in [6, 6.07) is 6.11. The molecule has 2 aliphatic carbocycles. The number of hydrogen-bond donors (Lipinski definition) is 1. The Morgan fingerprint density at radius 3 is 3.00 bits per heavy atom. The smallest absolute Gasteiger partial charge is 0.258 e. The molecule has 1 heterocycles. The number of hydrogen-bond acceptors (Lipinski definition) is 3. The van der Waals surface area contributed by atoms with Crippen LogP contribution in [0.3, 0.4) is 0 Å². The highest BCUT2D eigenvalue weighted by Gasteiger charge is 2.28. The molecule has 4 nitrogen and oxygen atoms in total. The number of rotatable bonds is 5. The van der Waals surface area contributed by atoms with Crippen LogP contribution in [0.2, 0.25) is 0 Å². The molecule has 1 N–H and O–H groups in total. The lowest BCUT2D eigenvalue weighted by molar-refractivity contribution is -0.123. The van der Waals surface area contributed by atoms with Crippen molar-refractivity contribution in [1.29, 1.82) is 0 Å². The fourth-order valence-corrected chi connectivity index (χ4v) is 3.49. The van der Waals surface area contributed by atoms with Crippen LogP contribution in [0.5, 0.6) is 5.75 Å². The second-order valence-corrected chi connectivity index (χ2v) is 6.85. The zero-order chi connectivity index (χ0) is 15.8. The van der Waals surface area contributed by atoms with E-state index >= 15 is 0 Å². The molecule has 1 unspecified atom stereocenters. The van der Waals surface area contributed by atoms with E-state index in [0.717, 1.165) is 35.3 Å². The monoisotopic (exact) mass is 313 g/mol. The third-order valence-electron chi connectivity index (χ3n) is 5.01. The number of ether oxygens (including phenoxy) is 1. The van der Waals surface area contributed by atoms with Gasteiger partial charge < -0.3 is 14.5 Å². The van der Waals surface area contributed by atoms with Crippen LogP contribution in [0.15, 0.2) is 22.6 Å². The molecule has 2 aromatic rings. The minimum absolute atomic E-state index is 0.0429. The lowest BCUT2D eigenvalue weighted by atomic mass is 9.96. The van der Waals surface area contributed by atoms with E-state index < -0.39 is 0 Å². The highest BCUT2D eigenvalue weighted by Crippen LogP contribution is 2.34. The number of furan rings is 1. The molecule has 122 valence electrons. The third kappa shape index (κ3) is 3.07. The number of carbonyl (C=O) groups is 1. The van der Waals surface area contributed by atoms with Crippen LogP contribution in [0.1, 0.15) is 43.9 Å². The van der Waals surface area contributed by atoms with Crippen LogP contribution in [0, 0.1) is 5.92 Å². The molecule has 1 amide bonds. The van der Waals surface area contributed by atoms with Gasteiger partial charge in [-0.25, -0.2) is 0 Å². The highest BCUT2D eigenvalue weighted by atomic mass is 16.5. The molecule has 1 fully saturated rings. The molecule has 4 rings (SSSR count). The summed E-state index contributed by atoms with van der Waals surface area (Å²) in [6.07, 6.45) is 6.98. The quantitative estimate of drug-likeness (QED) is 0.917. The Balaban J connectivity index is 1.43. The average molecular weight is 313 g/mol. The number of amides is 1. The van der Waals surface area contributed by atoms with Crippen LogP contribution < -0.4 is 10.1 Å². The van der Waals surface area contributed by atoms with Crippen molar-refractivity contribution in [1.82, 2.24) is 5.32 Å². The first kappa shape index (κ1) is 14.6. The second kappa shape index (κ2) is 5.91. The molecule has 0 aliphatic heterocycles. The number of carbonyl (C=O) groups excluding carboxylic acids is 1. The van der Waals surface area contributed by atoms with Gasteiger partial charge in [-0.05, 0) is 63.1 Å². The predicted octanol–water partition coefficient (Wildman–Crippen LogP) is 3.61. The van der Waals surface area contributed by atoms with Crippen LogP contribution in [-0.2, 0) is 17.6 Å². The van der Waals surface area contributed by atoms with E-state index in [1.807, 2.05) is 18.2 Å². The summed E-state index contributed by atoms with van der Waals surface area (Å²) in [5.41, 5.74) is 2.25. The maximum Gasteiger partial charge on any atom is 0.258 e. The molecule has 0 spiro atoms. The summed E-state index contributed by atoms with van der Waals surface area (Å²) >= 11 is 0. The van der Waals surface area contributed by atoms with Crippen molar-refractivity contribution < 1.29 is 13.9 Å². The third-order valence-corrected chi connectivity index (χ3v) is 5.01. The molecule has 1 atom stereocenters. The zero-order valence-corrected chi connectivity index (χ0v) is 13.6. The Hall–Kier alpha value is -1.97. The van der Waals surface area contributed by atoms with E-state index in [0.29, 0.717) is 5.92 Å². The minimum atomic E-state index is -0.0429. The van der Waals surface area contributed by atoms with Crippen LogP contribution in [0.4, 0.5) is 0 Å². The van der Waals surface area contributed by atoms with Gasteiger partial charge in [-0.2, -0.15) is 0 Å². The maximum atomic E-state index is 12.0. The van der Waals surface area contributed by atoms with Gasteiger partial charge in [0.25, 0.3) is 5.91 Å². The Bertz CT molecular complexity index is 730. The van der Waals surface area contributed by atoms with Gasteiger partial charge in [0.15, 0.2) is 6.61 Å². The van der Waals surface area contributed by atoms with Gasteiger partial charge in [-0.3, -0.25) is 4.79 Å². The highest BCUT2D eigenvalue weighted by molar-refractivity contribution is 5.84. The van der Waals surface area contributed by atoms with Gasteiger partial charge >= 0.3 is 0 Å². The summed E-state index contributed by atoms with van der Waals surface area (Å²) in [5, 5.41) is 4.15. The number of fused-ring (bicyclic) bond motifs is 3. The van der Waals surface area contributed by atoms with Gasteiger partial charge in [-0.1, -0.05) is 0 Å². The summed E-state index contributed by atoms with van der Waals surface area (Å²) in [5.74, 6) is 2.48. The Morgan fingerprint density at radius 2 is 2.17 bits per heavy atom. The maximum absolute atomic E-state index is 12.0. The molecular formula is C19H23NO3. The van der Waals surface area contributed by atoms with Gasteiger partial charge in [0.05, 0.1) is 0 Å². The van der Waals surface area contributed by atoms with Crippen LogP contribution in [0.25, 0.3) is 11.0 Å². The SMILES string of the molecule is CC(NC(=O)COc1ccc2oc3c(c2c1)CCCC3)C1CC1. The second-order valence-electron chi connectivity index (χ2n) is 6.85. The van der Waals surface area contributed by atoms with Crippen LogP contribution in [-0.4, -0.2) is 18.6 Å². The minimum Gasteiger partial charge on any atom is -0.484 e. The summed E-state index contributed by atoms with van der Waals surface area (Å²) < 4.78 is 11.6. The molecule has 4 heteroatoms. The molecule has 0 bridgehead atoms. The van der Waals surface area contributed by atoms with E-state index in [2.05, 4.69) is 12.2 Å². The molecule has 1 aromatic heterocycles. The van der Waals surface area contributed by atoms with Crippen molar-refractivity contribution in [2.75, 3.05) is 6.61 Å². The molecular weight excluding hydrogens is 290 g/mol. The van der Waals surface area contributed by atoms with Gasteiger partial charge in [0.2, 0.25) is 0 Å². The molecule has 0 radical (unpaired) electrons. The molecule has 23 heavy (non-hydrogen) atoms. The summed E-state index contributed by atoms with van der Waals surface area (Å²) in [7, 11) is 0. The van der Waals surface area contributed by atoms with E-state index in [1.54, 1.807) is 0 Å². The van der Waals surface area contributed by atoms with Crippen molar-refractivity contribution in [2.24, 2.45) is 5.92 Å². The average Bonchev–Trinajstić information content (AvgIpc) is 3.34. The van der Waals surface area contributed by atoms with Crippen molar-refractivity contribution in [3.05, 3.63) is 29.5 Å². The number of aryl methyl sites for hydroxylation is 2. The Labute approximate surface area is 136 Å². The lowest BCUT2D eigenvalue weighted by Gasteiger charge is -2.13. The first-order valence-corrected chi connectivity index (χ1v) is 8.67. The fourth-order valence-electron chi connectivity index (χ4n) is 3.49. The Morgan fingerprint density at radius 1 is 1.35 bits per heavy atom.